The van der Waals surface area contributed by atoms with E-state index < -0.39 is 0 Å². The molecule has 0 spiro atoms. The van der Waals surface area contributed by atoms with Crippen LogP contribution in [0.25, 0.3) is 33.1 Å². The summed E-state index contributed by atoms with van der Waals surface area (Å²) in [6.45, 7) is 6.89. The molecule has 1 radical (unpaired) electrons. The van der Waals surface area contributed by atoms with Crippen molar-refractivity contribution < 1.29 is 14.2 Å². The number of nitrogens with zero attached hydrogens (tertiary/aromatic N) is 4. The van der Waals surface area contributed by atoms with Gasteiger partial charge in [0.25, 0.3) is 0 Å². The number of rotatable bonds is 10. The number of hydrogen-bond donors (Lipinski definition) is 0. The van der Waals surface area contributed by atoms with E-state index in [4.69, 9.17) is 14.2 Å². The lowest BCUT2D eigenvalue weighted by Crippen LogP contribution is -2.38. The molecule has 5 rings (SSSR count). The Balaban J connectivity index is 1.36. The van der Waals surface area contributed by atoms with Gasteiger partial charge in [0, 0.05) is 79.9 Å². The van der Waals surface area contributed by atoms with Gasteiger partial charge in [-0.2, -0.15) is 0 Å². The molecule has 0 bridgehead atoms. The smallest absolute Gasteiger partial charge is 0.120 e. The molecule has 1 fully saturated rings. The topological polar surface area (TPSA) is 44.0 Å². The zero-order valence-electron chi connectivity index (χ0n) is 21.9. The second kappa shape index (κ2) is 10.9. The molecule has 1 aliphatic rings. The third kappa shape index (κ3) is 5.38. The third-order valence-corrected chi connectivity index (χ3v) is 6.93. The molecule has 191 valence electrons. The Morgan fingerprint density at radius 3 is 2.44 bits per heavy atom. The van der Waals surface area contributed by atoms with Crippen LogP contribution in [0.15, 0.2) is 42.6 Å². The molecule has 0 aliphatic carbocycles. The quantitative estimate of drug-likeness (QED) is 0.313. The van der Waals surface area contributed by atoms with E-state index in [1.807, 2.05) is 0 Å². The van der Waals surface area contributed by atoms with Crippen LogP contribution in [0.3, 0.4) is 0 Å². The summed E-state index contributed by atoms with van der Waals surface area (Å²) >= 11 is 0. The second-order valence-electron chi connectivity index (χ2n) is 9.85. The van der Waals surface area contributed by atoms with Crippen LogP contribution in [-0.4, -0.2) is 85.6 Å². The normalized spacial score (nSPS) is 14.8. The molecule has 2 aromatic heterocycles. The number of fused-ring (bicyclic) bond motifs is 2. The van der Waals surface area contributed by atoms with Gasteiger partial charge < -0.3 is 28.2 Å². The first kappa shape index (κ1) is 24.7. The first-order valence-corrected chi connectivity index (χ1v) is 12.8. The molecule has 2 aromatic carbocycles. The highest BCUT2D eigenvalue weighted by Gasteiger charge is 2.16. The molecular formula is C29H37N4O3. The molecule has 0 unspecified atom stereocenters. The van der Waals surface area contributed by atoms with E-state index in [9.17, 15) is 0 Å². The summed E-state index contributed by atoms with van der Waals surface area (Å²) in [7, 11) is 8.37. The van der Waals surface area contributed by atoms with Gasteiger partial charge in [-0.25, -0.2) is 0 Å². The lowest BCUT2D eigenvalue weighted by Gasteiger charge is -2.26. The molecule has 3 heterocycles. The molecule has 0 atom stereocenters. The van der Waals surface area contributed by atoms with Gasteiger partial charge >= 0.3 is 0 Å². The largest absolute Gasteiger partial charge is 0.494 e. The minimum atomic E-state index is 0.672. The molecule has 36 heavy (non-hydrogen) atoms. The summed E-state index contributed by atoms with van der Waals surface area (Å²) in [5.74, 6) is 1.79. The first-order valence-electron chi connectivity index (χ1n) is 12.8. The Bertz CT molecular complexity index is 1320. The molecule has 0 amide bonds. The maximum absolute atomic E-state index is 6.09. The minimum Gasteiger partial charge on any atom is -0.494 e. The predicted octanol–water partition coefficient (Wildman–Crippen LogP) is 4.18. The highest BCUT2D eigenvalue weighted by molar-refractivity contribution is 5.99. The number of aryl methyl sites for hydroxylation is 2. The summed E-state index contributed by atoms with van der Waals surface area (Å²) < 4.78 is 22.0. The first-order chi connectivity index (χ1) is 17.5. The number of aromatic nitrogens is 2. The van der Waals surface area contributed by atoms with E-state index in [0.29, 0.717) is 13.2 Å². The van der Waals surface area contributed by atoms with Crippen LogP contribution < -0.4 is 9.47 Å². The van der Waals surface area contributed by atoms with Gasteiger partial charge in [-0.05, 0) is 56.9 Å². The van der Waals surface area contributed by atoms with Gasteiger partial charge in [-0.15, -0.1) is 0 Å². The Hall–Kier alpha value is -3.00. The Kier molecular flexibility index (Phi) is 7.51. The van der Waals surface area contributed by atoms with Crippen molar-refractivity contribution in [3.63, 3.8) is 0 Å². The second-order valence-corrected chi connectivity index (χ2v) is 9.85. The van der Waals surface area contributed by atoms with Gasteiger partial charge in [0.1, 0.15) is 18.1 Å². The molecular weight excluding hydrogens is 452 g/mol. The SMILES string of the molecule is CN(C)CCCOc1ccc2c(c1)c(-c1[c]c3cc(OCCN4CCOCC4)ccc3n1C)cn2C. The van der Waals surface area contributed by atoms with Gasteiger partial charge in [-0.3, -0.25) is 4.90 Å². The van der Waals surface area contributed by atoms with Crippen molar-refractivity contribution in [2.45, 2.75) is 6.42 Å². The number of morpholine rings is 1. The predicted molar refractivity (Wildman–Crippen MR) is 145 cm³/mol. The fourth-order valence-electron chi connectivity index (χ4n) is 4.92. The van der Waals surface area contributed by atoms with Crippen molar-refractivity contribution in [2.75, 3.05) is 66.7 Å². The fourth-order valence-corrected chi connectivity index (χ4v) is 4.92. The van der Waals surface area contributed by atoms with E-state index in [2.05, 4.69) is 95.8 Å². The summed E-state index contributed by atoms with van der Waals surface area (Å²) in [4.78, 5) is 4.56. The van der Waals surface area contributed by atoms with E-state index in [1.54, 1.807) is 0 Å². The molecule has 4 aromatic rings. The van der Waals surface area contributed by atoms with Crippen molar-refractivity contribution in [3.8, 4) is 22.8 Å². The summed E-state index contributed by atoms with van der Waals surface area (Å²) in [6, 6.07) is 16.3. The minimum absolute atomic E-state index is 0.672. The van der Waals surface area contributed by atoms with E-state index in [0.717, 1.165) is 79.5 Å². The average molecular weight is 490 g/mol. The van der Waals surface area contributed by atoms with Crippen LogP contribution in [0.5, 0.6) is 11.5 Å². The molecule has 0 N–H and O–H groups in total. The zero-order chi connectivity index (χ0) is 25.1. The van der Waals surface area contributed by atoms with E-state index >= 15 is 0 Å². The van der Waals surface area contributed by atoms with Crippen molar-refractivity contribution in [3.05, 3.63) is 48.7 Å². The number of hydrogen-bond acceptors (Lipinski definition) is 5. The highest BCUT2D eigenvalue weighted by atomic mass is 16.5. The Labute approximate surface area is 213 Å². The van der Waals surface area contributed by atoms with Gasteiger partial charge in [0.15, 0.2) is 0 Å². The molecule has 1 saturated heterocycles. The van der Waals surface area contributed by atoms with Crippen LogP contribution in [-0.2, 0) is 18.8 Å². The summed E-state index contributed by atoms with van der Waals surface area (Å²) in [5, 5.41) is 2.23. The number of ether oxygens (including phenoxy) is 3. The van der Waals surface area contributed by atoms with Crippen molar-refractivity contribution in [1.29, 1.82) is 0 Å². The van der Waals surface area contributed by atoms with Gasteiger partial charge in [0.05, 0.1) is 25.5 Å². The van der Waals surface area contributed by atoms with Crippen LogP contribution in [0.1, 0.15) is 6.42 Å². The summed E-state index contributed by atoms with van der Waals surface area (Å²) in [6.07, 6.45) is 3.19. The third-order valence-electron chi connectivity index (χ3n) is 6.93. The maximum atomic E-state index is 6.09. The Morgan fingerprint density at radius 2 is 1.67 bits per heavy atom. The standard InChI is InChI=1S/C29H37N4O3/c1-30(2)10-5-14-35-24-7-9-28-25(20-24)26(21-31(28)3)29-19-22-18-23(6-8-27(22)32(29)4)36-17-13-33-11-15-34-16-12-33/h6-9,18,20-21H,5,10-17H2,1-4H3. The van der Waals surface area contributed by atoms with Crippen LogP contribution in [0.2, 0.25) is 0 Å². The molecule has 7 nitrogen and oxygen atoms in total. The van der Waals surface area contributed by atoms with Crippen molar-refractivity contribution in [1.82, 2.24) is 18.9 Å². The molecule has 0 saturated carbocycles. The zero-order valence-corrected chi connectivity index (χ0v) is 21.9. The maximum Gasteiger partial charge on any atom is 0.120 e. The lowest BCUT2D eigenvalue weighted by molar-refractivity contribution is 0.0322. The van der Waals surface area contributed by atoms with Crippen LogP contribution >= 0.6 is 0 Å². The average Bonchev–Trinajstić information content (AvgIpc) is 3.38. The summed E-state index contributed by atoms with van der Waals surface area (Å²) in [5.41, 5.74) is 4.53. The van der Waals surface area contributed by atoms with Gasteiger partial charge in [0.2, 0.25) is 0 Å². The molecule has 1 aliphatic heterocycles. The van der Waals surface area contributed by atoms with Crippen molar-refractivity contribution in [2.24, 2.45) is 14.1 Å². The highest BCUT2D eigenvalue weighted by Crippen LogP contribution is 2.36. The lowest BCUT2D eigenvalue weighted by atomic mass is 10.1. The van der Waals surface area contributed by atoms with Crippen molar-refractivity contribution >= 4 is 21.8 Å². The van der Waals surface area contributed by atoms with E-state index in [-0.39, 0.29) is 0 Å². The Morgan fingerprint density at radius 1 is 0.944 bits per heavy atom. The van der Waals surface area contributed by atoms with Crippen LogP contribution in [0.4, 0.5) is 0 Å². The number of benzene rings is 2. The van der Waals surface area contributed by atoms with Gasteiger partial charge in [-0.1, -0.05) is 0 Å². The molecule has 7 heteroatoms. The van der Waals surface area contributed by atoms with E-state index in [1.165, 1.54) is 10.9 Å². The fraction of sp³-hybridized carbons (Fsp3) is 0.448. The van der Waals surface area contributed by atoms with Crippen LogP contribution in [0, 0.1) is 6.07 Å². The monoisotopic (exact) mass is 489 g/mol.